The minimum absolute atomic E-state index is 0.670. The summed E-state index contributed by atoms with van der Waals surface area (Å²) >= 11 is 0. The van der Waals surface area contributed by atoms with Crippen LogP contribution in [0.25, 0.3) is 0 Å². The number of benzene rings is 1. The van der Waals surface area contributed by atoms with Crippen LogP contribution in [0.3, 0.4) is 0 Å². The van der Waals surface area contributed by atoms with Crippen LogP contribution in [0, 0.1) is 12.8 Å². The van der Waals surface area contributed by atoms with Gasteiger partial charge in [-0.05, 0) is 44.9 Å². The van der Waals surface area contributed by atoms with E-state index < -0.39 is 0 Å². The molecule has 1 aliphatic heterocycles. The predicted octanol–water partition coefficient (Wildman–Crippen LogP) is 2.95. The summed E-state index contributed by atoms with van der Waals surface area (Å²) in [6, 6.07) is 7.49. The molecule has 2 heteroatoms. The molecule has 0 amide bonds. The fourth-order valence-corrected chi connectivity index (χ4v) is 2.96. The molecular formula is C15H24N2. The maximum Gasteiger partial charge on any atom is 0.0414 e. The van der Waals surface area contributed by atoms with Crippen LogP contribution in [0.5, 0.6) is 0 Å². The molecule has 2 rings (SSSR count). The second kappa shape index (κ2) is 5.09. The van der Waals surface area contributed by atoms with Gasteiger partial charge in [0.05, 0.1) is 0 Å². The monoisotopic (exact) mass is 232 g/mol. The Bertz CT molecular complexity index is 387. The van der Waals surface area contributed by atoms with Crippen molar-refractivity contribution in [2.24, 2.45) is 5.92 Å². The van der Waals surface area contributed by atoms with E-state index in [0.29, 0.717) is 6.04 Å². The first-order valence-electron chi connectivity index (χ1n) is 6.62. The fourth-order valence-electron chi connectivity index (χ4n) is 2.96. The molecule has 0 saturated carbocycles. The van der Waals surface area contributed by atoms with Gasteiger partial charge in [0.15, 0.2) is 0 Å². The molecular weight excluding hydrogens is 208 g/mol. The molecule has 1 aromatic carbocycles. The van der Waals surface area contributed by atoms with Gasteiger partial charge in [-0.15, -0.1) is 0 Å². The Balaban J connectivity index is 2.30. The van der Waals surface area contributed by atoms with Crippen molar-refractivity contribution in [1.29, 1.82) is 0 Å². The average molecular weight is 232 g/mol. The third kappa shape index (κ3) is 2.63. The zero-order valence-electron chi connectivity index (χ0n) is 11.5. The summed E-state index contributed by atoms with van der Waals surface area (Å²) in [5.41, 5.74) is 4.19. The first-order chi connectivity index (χ1) is 8.11. The highest BCUT2D eigenvalue weighted by Gasteiger charge is 2.27. The highest BCUT2D eigenvalue weighted by molar-refractivity contribution is 5.56. The highest BCUT2D eigenvalue weighted by atomic mass is 15.2. The van der Waals surface area contributed by atoms with E-state index in [9.17, 15) is 0 Å². The second-order valence-corrected chi connectivity index (χ2v) is 5.50. The number of nitrogens with zero attached hydrogens (tertiary/aromatic N) is 1. The van der Waals surface area contributed by atoms with Gasteiger partial charge in [-0.1, -0.05) is 24.6 Å². The minimum Gasteiger partial charge on any atom is -0.368 e. The van der Waals surface area contributed by atoms with Gasteiger partial charge >= 0.3 is 0 Å². The van der Waals surface area contributed by atoms with Crippen molar-refractivity contribution < 1.29 is 0 Å². The summed E-state index contributed by atoms with van der Waals surface area (Å²) in [5.74, 6) is 0.814. The Kier molecular flexibility index (Phi) is 3.72. The topological polar surface area (TPSA) is 15.3 Å². The van der Waals surface area contributed by atoms with Crippen LogP contribution in [0.1, 0.15) is 31.4 Å². The first-order valence-corrected chi connectivity index (χ1v) is 6.62. The highest BCUT2D eigenvalue weighted by Crippen LogP contribution is 2.31. The molecule has 0 bridgehead atoms. The Morgan fingerprint density at radius 3 is 2.71 bits per heavy atom. The summed E-state index contributed by atoms with van der Waals surface area (Å²) < 4.78 is 0. The van der Waals surface area contributed by atoms with Crippen molar-refractivity contribution >= 4 is 5.69 Å². The summed E-state index contributed by atoms with van der Waals surface area (Å²) in [6.07, 6.45) is 1.31. The third-order valence-corrected chi connectivity index (χ3v) is 3.70. The molecule has 2 atom stereocenters. The maximum atomic E-state index is 3.27. The summed E-state index contributed by atoms with van der Waals surface area (Å²) in [5, 5.41) is 3.27. The van der Waals surface area contributed by atoms with E-state index in [-0.39, 0.29) is 0 Å². The lowest BCUT2D eigenvalue weighted by Crippen LogP contribution is -2.28. The number of rotatable bonds is 3. The van der Waals surface area contributed by atoms with Crippen LogP contribution in [-0.4, -0.2) is 19.6 Å². The number of anilines is 1. The third-order valence-electron chi connectivity index (χ3n) is 3.70. The lowest BCUT2D eigenvalue weighted by atomic mass is 10.1. The molecule has 94 valence electrons. The van der Waals surface area contributed by atoms with Gasteiger partial charge in [-0.2, -0.15) is 0 Å². The molecule has 1 heterocycles. The number of hydrogen-bond donors (Lipinski definition) is 1. The lowest BCUT2D eigenvalue weighted by Gasteiger charge is -2.27. The van der Waals surface area contributed by atoms with Crippen LogP contribution < -0.4 is 10.2 Å². The Hall–Kier alpha value is -1.02. The zero-order valence-corrected chi connectivity index (χ0v) is 11.5. The van der Waals surface area contributed by atoms with E-state index in [1.54, 1.807) is 0 Å². The molecule has 0 spiro atoms. The molecule has 0 radical (unpaired) electrons. The van der Waals surface area contributed by atoms with Crippen molar-refractivity contribution in [1.82, 2.24) is 5.32 Å². The second-order valence-electron chi connectivity index (χ2n) is 5.50. The Labute approximate surface area is 105 Å². The van der Waals surface area contributed by atoms with Crippen molar-refractivity contribution in [3.8, 4) is 0 Å². The predicted molar refractivity (Wildman–Crippen MR) is 74.5 cm³/mol. The molecule has 0 aromatic heterocycles. The normalized spacial score (nSPS) is 24.4. The van der Waals surface area contributed by atoms with Gasteiger partial charge in [0.1, 0.15) is 0 Å². The zero-order chi connectivity index (χ0) is 12.4. The van der Waals surface area contributed by atoms with Crippen molar-refractivity contribution in [3.05, 3.63) is 29.3 Å². The number of nitrogens with one attached hydrogen (secondary N) is 1. The quantitative estimate of drug-likeness (QED) is 0.862. The van der Waals surface area contributed by atoms with Gasteiger partial charge in [0, 0.05) is 24.8 Å². The van der Waals surface area contributed by atoms with Gasteiger partial charge in [0.2, 0.25) is 0 Å². The molecule has 1 N–H and O–H groups in total. The molecule has 1 aliphatic rings. The lowest BCUT2D eigenvalue weighted by molar-refractivity contribution is 0.625. The van der Waals surface area contributed by atoms with Crippen LogP contribution in [0.4, 0.5) is 5.69 Å². The Morgan fingerprint density at radius 1 is 1.35 bits per heavy atom. The summed E-state index contributed by atoms with van der Waals surface area (Å²) in [7, 11) is 2.02. The Morgan fingerprint density at radius 2 is 2.12 bits per heavy atom. The van der Waals surface area contributed by atoms with Crippen LogP contribution in [0.15, 0.2) is 18.2 Å². The molecule has 1 fully saturated rings. The van der Waals surface area contributed by atoms with Crippen molar-refractivity contribution in [2.45, 2.75) is 39.8 Å². The van der Waals surface area contributed by atoms with Crippen LogP contribution in [0.2, 0.25) is 0 Å². The molecule has 17 heavy (non-hydrogen) atoms. The number of hydrogen-bond acceptors (Lipinski definition) is 2. The van der Waals surface area contributed by atoms with Crippen LogP contribution in [-0.2, 0) is 6.54 Å². The van der Waals surface area contributed by atoms with E-state index in [4.69, 9.17) is 0 Å². The maximum absolute atomic E-state index is 3.27. The van der Waals surface area contributed by atoms with Crippen LogP contribution >= 0.6 is 0 Å². The van der Waals surface area contributed by atoms with E-state index >= 15 is 0 Å². The minimum atomic E-state index is 0.670. The van der Waals surface area contributed by atoms with E-state index in [1.165, 1.54) is 29.8 Å². The number of aryl methyl sites for hydroxylation is 1. The first kappa shape index (κ1) is 12.4. The van der Waals surface area contributed by atoms with E-state index in [2.05, 4.69) is 49.2 Å². The van der Waals surface area contributed by atoms with Gasteiger partial charge < -0.3 is 10.2 Å². The fraction of sp³-hybridized carbons (Fsp3) is 0.600. The van der Waals surface area contributed by atoms with Gasteiger partial charge in [0.25, 0.3) is 0 Å². The van der Waals surface area contributed by atoms with Gasteiger partial charge in [-0.25, -0.2) is 0 Å². The molecule has 1 saturated heterocycles. The molecule has 1 aromatic rings. The van der Waals surface area contributed by atoms with E-state index in [0.717, 1.165) is 12.5 Å². The smallest absolute Gasteiger partial charge is 0.0414 e. The van der Waals surface area contributed by atoms with Gasteiger partial charge in [-0.3, -0.25) is 0 Å². The summed E-state index contributed by atoms with van der Waals surface area (Å²) in [4.78, 5) is 2.57. The molecule has 0 aliphatic carbocycles. The van der Waals surface area contributed by atoms with Crippen molar-refractivity contribution in [2.75, 3.05) is 18.5 Å². The standard InChI is InChI=1S/C15H24N2/c1-11-5-6-15(14(8-11)9-16-4)17-10-12(2)7-13(17)3/h5-6,8,12-13,16H,7,9-10H2,1-4H3. The molecule has 2 unspecified atom stereocenters. The molecule has 2 nitrogen and oxygen atoms in total. The van der Waals surface area contributed by atoms with E-state index in [1.807, 2.05) is 7.05 Å². The average Bonchev–Trinajstić information content (AvgIpc) is 2.59. The van der Waals surface area contributed by atoms with Crippen molar-refractivity contribution in [3.63, 3.8) is 0 Å². The SMILES string of the molecule is CNCc1cc(C)ccc1N1CC(C)CC1C. The largest absolute Gasteiger partial charge is 0.368 e. The summed E-state index contributed by atoms with van der Waals surface area (Å²) in [6.45, 7) is 9.00.